The molecule has 31 heavy (non-hydrogen) atoms. The van der Waals surface area contributed by atoms with Gasteiger partial charge in [-0.05, 0) is 37.1 Å². The molecule has 2 saturated heterocycles. The largest absolute Gasteiger partial charge is 0.465 e. The van der Waals surface area contributed by atoms with E-state index in [-0.39, 0.29) is 31.4 Å². The molecule has 2 aliphatic rings. The molecule has 2 fully saturated rings. The Hall–Kier alpha value is -2.70. The maximum Gasteiger partial charge on any atom is 0.327 e. The number of esters is 1. The number of carbonyl (C=O) groups excluding carboxylic acids is 3. The molecule has 0 unspecified atom stereocenters. The fraction of sp³-hybridized carbons (Fsp3) is 0.375. The first-order chi connectivity index (χ1) is 14.9. The minimum absolute atomic E-state index is 0.180. The summed E-state index contributed by atoms with van der Waals surface area (Å²) in [7, 11) is 0. The van der Waals surface area contributed by atoms with Crippen molar-refractivity contribution in [1.29, 1.82) is 0 Å². The molecule has 0 spiro atoms. The minimum Gasteiger partial charge on any atom is -0.465 e. The predicted octanol–water partition coefficient (Wildman–Crippen LogP) is 3.15. The summed E-state index contributed by atoms with van der Waals surface area (Å²) in [5, 5.41) is 3.97. The molecule has 6 nitrogen and oxygen atoms in total. The van der Waals surface area contributed by atoms with Gasteiger partial charge in [-0.1, -0.05) is 54.1 Å². The molecule has 0 aromatic heterocycles. The van der Waals surface area contributed by atoms with E-state index in [0.29, 0.717) is 5.02 Å². The fourth-order valence-electron chi connectivity index (χ4n) is 4.93. The van der Waals surface area contributed by atoms with Gasteiger partial charge in [-0.3, -0.25) is 24.6 Å². The first-order valence-electron chi connectivity index (χ1n) is 10.5. The number of carbonyl (C=O) groups is 3. The normalized spacial score (nSPS) is 27.5. The maximum absolute atomic E-state index is 13.4. The second-order valence-electron chi connectivity index (χ2n) is 7.95. The first kappa shape index (κ1) is 21.5. The lowest BCUT2D eigenvalue weighted by Gasteiger charge is -2.33. The maximum atomic E-state index is 13.4. The van der Waals surface area contributed by atoms with Gasteiger partial charge < -0.3 is 4.74 Å². The Bertz CT molecular complexity index is 994. The molecule has 0 aliphatic carbocycles. The van der Waals surface area contributed by atoms with Gasteiger partial charge in [0.05, 0.1) is 18.4 Å². The smallest absolute Gasteiger partial charge is 0.327 e. The molecule has 2 heterocycles. The lowest BCUT2D eigenvalue weighted by Crippen LogP contribution is -2.58. The van der Waals surface area contributed by atoms with Crippen molar-refractivity contribution in [3.05, 3.63) is 70.7 Å². The topological polar surface area (TPSA) is 75.7 Å². The zero-order valence-corrected chi connectivity index (χ0v) is 18.3. The van der Waals surface area contributed by atoms with Crippen molar-refractivity contribution >= 4 is 29.4 Å². The van der Waals surface area contributed by atoms with E-state index < -0.39 is 29.4 Å². The van der Waals surface area contributed by atoms with Crippen molar-refractivity contribution < 1.29 is 19.1 Å². The standard InChI is InChI=1S/C24H25ClN2O4/c1-3-27-21(28)18-19(22(27)29)24(23(30)31-4-2,14-15-8-6-5-7-9-15)26-20(18)16-10-12-17(25)13-11-16/h5-13,18-20,26H,3-4,14H2,1-2H3/t18-,19-,20-,24-/m1/s1. The van der Waals surface area contributed by atoms with E-state index in [1.165, 1.54) is 4.90 Å². The molecule has 7 heteroatoms. The fourth-order valence-corrected chi connectivity index (χ4v) is 5.06. The summed E-state index contributed by atoms with van der Waals surface area (Å²) in [6.45, 7) is 3.95. The highest BCUT2D eigenvalue weighted by atomic mass is 35.5. The number of benzene rings is 2. The third-order valence-corrected chi connectivity index (χ3v) is 6.51. The van der Waals surface area contributed by atoms with Crippen LogP contribution in [0.4, 0.5) is 0 Å². The van der Waals surface area contributed by atoms with Crippen molar-refractivity contribution in [2.24, 2.45) is 11.8 Å². The molecule has 2 amide bonds. The van der Waals surface area contributed by atoms with Gasteiger partial charge in [-0.25, -0.2) is 0 Å². The van der Waals surface area contributed by atoms with Crippen molar-refractivity contribution in [3.8, 4) is 0 Å². The van der Waals surface area contributed by atoms with Gasteiger partial charge >= 0.3 is 5.97 Å². The molecule has 2 aromatic carbocycles. The summed E-state index contributed by atoms with van der Waals surface area (Å²) in [6.07, 6.45) is 0.245. The number of nitrogens with zero attached hydrogens (tertiary/aromatic N) is 1. The summed E-state index contributed by atoms with van der Waals surface area (Å²) < 4.78 is 5.46. The van der Waals surface area contributed by atoms with Crippen LogP contribution in [0.3, 0.4) is 0 Å². The average Bonchev–Trinajstić information content (AvgIpc) is 3.24. The molecule has 0 radical (unpaired) electrons. The van der Waals surface area contributed by atoms with Crippen molar-refractivity contribution in [2.75, 3.05) is 13.2 Å². The summed E-state index contributed by atoms with van der Waals surface area (Å²) >= 11 is 6.06. The monoisotopic (exact) mass is 440 g/mol. The number of nitrogens with one attached hydrogen (secondary N) is 1. The van der Waals surface area contributed by atoms with Crippen LogP contribution >= 0.6 is 11.6 Å². The van der Waals surface area contributed by atoms with Gasteiger partial charge in [0.2, 0.25) is 11.8 Å². The van der Waals surface area contributed by atoms with E-state index in [4.69, 9.17) is 16.3 Å². The molecule has 1 N–H and O–H groups in total. The van der Waals surface area contributed by atoms with Crippen LogP contribution in [0.25, 0.3) is 0 Å². The summed E-state index contributed by atoms with van der Waals surface area (Å²) in [6, 6.07) is 16.1. The number of halogens is 1. The number of likely N-dealkylation sites (tertiary alicyclic amines) is 1. The minimum atomic E-state index is -1.34. The number of hydrogen-bond acceptors (Lipinski definition) is 5. The number of rotatable bonds is 6. The summed E-state index contributed by atoms with van der Waals surface area (Å²) in [5.41, 5.74) is 0.342. The molecule has 4 atom stereocenters. The quantitative estimate of drug-likeness (QED) is 0.551. The Morgan fingerprint density at radius 1 is 1.06 bits per heavy atom. The molecular weight excluding hydrogens is 416 g/mol. The Morgan fingerprint density at radius 3 is 2.35 bits per heavy atom. The van der Waals surface area contributed by atoms with Gasteiger partial charge in [0.15, 0.2) is 0 Å². The summed E-state index contributed by atoms with van der Waals surface area (Å²) in [4.78, 5) is 41.4. The zero-order valence-electron chi connectivity index (χ0n) is 17.5. The Kier molecular flexibility index (Phi) is 5.86. The molecule has 2 aliphatic heterocycles. The van der Waals surface area contributed by atoms with Gasteiger partial charge in [0, 0.05) is 24.0 Å². The van der Waals surface area contributed by atoms with Crippen molar-refractivity contribution in [3.63, 3.8) is 0 Å². The van der Waals surface area contributed by atoms with E-state index in [2.05, 4.69) is 5.32 Å². The molecule has 2 aromatic rings. The molecule has 0 saturated carbocycles. The Morgan fingerprint density at radius 2 is 1.74 bits per heavy atom. The van der Waals surface area contributed by atoms with Gasteiger partial charge in [-0.15, -0.1) is 0 Å². The van der Waals surface area contributed by atoms with Crippen molar-refractivity contribution in [1.82, 2.24) is 10.2 Å². The third kappa shape index (κ3) is 3.54. The van der Waals surface area contributed by atoms with Crippen LogP contribution < -0.4 is 5.32 Å². The Balaban J connectivity index is 1.86. The van der Waals surface area contributed by atoms with Crippen LogP contribution in [0, 0.1) is 11.8 Å². The number of imide groups is 1. The van der Waals surface area contributed by atoms with E-state index in [0.717, 1.165) is 11.1 Å². The average molecular weight is 441 g/mol. The summed E-state index contributed by atoms with van der Waals surface area (Å²) in [5.74, 6) is -2.64. The van der Waals surface area contributed by atoms with E-state index >= 15 is 0 Å². The number of hydrogen-bond donors (Lipinski definition) is 1. The number of amides is 2. The SMILES string of the molecule is CCOC(=O)[C@]1(Cc2ccccc2)N[C@H](c2ccc(Cl)cc2)[C@@H]2C(=O)N(CC)C(=O)[C@@H]21. The highest BCUT2D eigenvalue weighted by Gasteiger charge is 2.68. The van der Waals surface area contributed by atoms with Crippen LogP contribution in [-0.4, -0.2) is 41.4 Å². The lowest BCUT2D eigenvalue weighted by atomic mass is 9.76. The van der Waals surface area contributed by atoms with Crippen LogP contribution in [0.5, 0.6) is 0 Å². The highest BCUT2D eigenvalue weighted by molar-refractivity contribution is 6.30. The van der Waals surface area contributed by atoms with Gasteiger partial charge in [-0.2, -0.15) is 0 Å². The van der Waals surface area contributed by atoms with Crippen LogP contribution in [-0.2, 0) is 25.5 Å². The van der Waals surface area contributed by atoms with Crippen LogP contribution in [0.2, 0.25) is 5.02 Å². The first-order valence-corrected chi connectivity index (χ1v) is 10.9. The zero-order chi connectivity index (χ0) is 22.2. The van der Waals surface area contributed by atoms with E-state index in [9.17, 15) is 14.4 Å². The highest BCUT2D eigenvalue weighted by Crippen LogP contribution is 2.50. The second kappa shape index (κ2) is 8.44. The van der Waals surface area contributed by atoms with E-state index in [1.54, 1.807) is 26.0 Å². The number of fused-ring (bicyclic) bond motifs is 1. The lowest BCUT2D eigenvalue weighted by molar-refractivity contribution is -0.156. The molecular formula is C24H25ClN2O4. The van der Waals surface area contributed by atoms with Gasteiger partial charge in [0.25, 0.3) is 0 Å². The molecule has 162 valence electrons. The number of ether oxygens (including phenoxy) is 1. The second-order valence-corrected chi connectivity index (χ2v) is 8.39. The molecule has 0 bridgehead atoms. The van der Waals surface area contributed by atoms with Gasteiger partial charge in [0.1, 0.15) is 5.54 Å². The predicted molar refractivity (Wildman–Crippen MR) is 116 cm³/mol. The van der Waals surface area contributed by atoms with Crippen LogP contribution in [0.1, 0.15) is 31.0 Å². The van der Waals surface area contributed by atoms with E-state index in [1.807, 2.05) is 42.5 Å². The van der Waals surface area contributed by atoms with Crippen molar-refractivity contribution in [2.45, 2.75) is 31.8 Å². The third-order valence-electron chi connectivity index (χ3n) is 6.26. The van der Waals surface area contributed by atoms with Crippen LogP contribution in [0.15, 0.2) is 54.6 Å². The molecule has 4 rings (SSSR count). The Labute approximate surface area is 186 Å².